The van der Waals surface area contributed by atoms with E-state index in [1.54, 1.807) is 0 Å². The van der Waals surface area contributed by atoms with Gasteiger partial charge in [0, 0.05) is 5.54 Å². The molecular weight excluding hydrogens is 282 g/mol. The Morgan fingerprint density at radius 2 is 1.70 bits per heavy atom. The smallest absolute Gasteiger partial charge is 0.0546 e. The van der Waals surface area contributed by atoms with Gasteiger partial charge in [-0.1, -0.05) is 26.7 Å². The van der Waals surface area contributed by atoms with Crippen molar-refractivity contribution in [2.45, 2.75) is 96.6 Å². The van der Waals surface area contributed by atoms with E-state index in [2.05, 4.69) is 13.8 Å². The molecule has 0 aromatic heterocycles. The lowest BCUT2D eigenvalue weighted by molar-refractivity contribution is -0.129. The second-order valence-electron chi connectivity index (χ2n) is 10.1. The predicted octanol–water partition coefficient (Wildman–Crippen LogP) is 4.50. The Morgan fingerprint density at radius 1 is 0.913 bits per heavy atom. The molecular formula is C21H37NO. The lowest BCUT2D eigenvalue weighted by Gasteiger charge is -2.64. The highest BCUT2D eigenvalue weighted by atomic mass is 16.3. The van der Waals surface area contributed by atoms with E-state index in [1.165, 1.54) is 51.4 Å². The molecule has 0 saturated heterocycles. The van der Waals surface area contributed by atoms with Crippen LogP contribution in [0.5, 0.6) is 0 Å². The zero-order valence-corrected chi connectivity index (χ0v) is 15.5. The molecule has 2 heteroatoms. The first-order chi connectivity index (χ1) is 10.8. The molecule has 0 amide bonds. The number of hydrogen-bond donors (Lipinski definition) is 2. The molecule has 0 radical (unpaired) electrons. The second-order valence-corrected chi connectivity index (χ2v) is 10.1. The summed E-state index contributed by atoms with van der Waals surface area (Å²) in [5, 5.41) is 10.3. The fourth-order valence-electron chi connectivity index (χ4n) is 8.18. The molecule has 4 aliphatic carbocycles. The van der Waals surface area contributed by atoms with Crippen molar-refractivity contribution in [3.05, 3.63) is 0 Å². The van der Waals surface area contributed by atoms with Gasteiger partial charge in [0.15, 0.2) is 0 Å². The van der Waals surface area contributed by atoms with Crippen LogP contribution in [0.15, 0.2) is 0 Å². The quantitative estimate of drug-likeness (QED) is 0.747. The van der Waals surface area contributed by atoms with Crippen LogP contribution in [0.3, 0.4) is 0 Å². The topological polar surface area (TPSA) is 46.2 Å². The molecule has 0 aromatic rings. The van der Waals surface area contributed by atoms with E-state index in [4.69, 9.17) is 5.73 Å². The van der Waals surface area contributed by atoms with Crippen molar-refractivity contribution in [3.63, 3.8) is 0 Å². The van der Waals surface area contributed by atoms with Crippen LogP contribution < -0.4 is 5.73 Å². The van der Waals surface area contributed by atoms with Crippen molar-refractivity contribution in [1.29, 1.82) is 0 Å². The monoisotopic (exact) mass is 319 g/mol. The van der Waals surface area contributed by atoms with E-state index >= 15 is 0 Å². The molecule has 2 nitrogen and oxygen atoms in total. The summed E-state index contributed by atoms with van der Waals surface area (Å²) in [7, 11) is 0. The van der Waals surface area contributed by atoms with Crippen molar-refractivity contribution in [3.8, 4) is 0 Å². The highest BCUT2D eigenvalue weighted by Gasteiger charge is 2.66. The Bertz CT molecular complexity index is 476. The lowest BCUT2D eigenvalue weighted by Crippen LogP contribution is -2.66. The standard InChI is InChI=1S/C21H37NO/c1-14(23)16-10-13-21(22)18-8-7-15-6-4-5-11-19(15,2)17(18)9-12-20(16,21)3/h14-18,23H,4-13,22H2,1-3H3/t14-,15+,16-,17+,18-,19+,20-,21+/m1/s1. The zero-order chi connectivity index (χ0) is 16.5. The van der Waals surface area contributed by atoms with Gasteiger partial charge in [-0.15, -0.1) is 0 Å². The third-order valence-electron chi connectivity index (χ3n) is 9.58. The van der Waals surface area contributed by atoms with E-state index in [9.17, 15) is 5.11 Å². The van der Waals surface area contributed by atoms with Crippen molar-refractivity contribution >= 4 is 0 Å². The molecule has 0 aromatic carbocycles. The normalized spacial score (nSPS) is 57.3. The first-order valence-electron chi connectivity index (χ1n) is 10.3. The summed E-state index contributed by atoms with van der Waals surface area (Å²) in [6.45, 7) is 7.02. The summed E-state index contributed by atoms with van der Waals surface area (Å²) >= 11 is 0. The van der Waals surface area contributed by atoms with Gasteiger partial charge in [-0.3, -0.25) is 0 Å². The summed E-state index contributed by atoms with van der Waals surface area (Å²) in [5.41, 5.74) is 7.93. The highest BCUT2D eigenvalue weighted by molar-refractivity contribution is 5.19. The van der Waals surface area contributed by atoms with E-state index in [0.717, 1.165) is 24.7 Å². The maximum absolute atomic E-state index is 10.3. The molecule has 3 N–H and O–H groups in total. The van der Waals surface area contributed by atoms with Gasteiger partial charge in [0.05, 0.1) is 6.10 Å². The van der Waals surface area contributed by atoms with Crippen LogP contribution in [0.25, 0.3) is 0 Å². The van der Waals surface area contributed by atoms with Crippen molar-refractivity contribution in [2.24, 2.45) is 40.2 Å². The van der Waals surface area contributed by atoms with Gasteiger partial charge in [-0.05, 0) is 92.8 Å². The van der Waals surface area contributed by atoms with Crippen LogP contribution in [0.4, 0.5) is 0 Å². The van der Waals surface area contributed by atoms with E-state index in [0.29, 0.717) is 17.3 Å². The van der Waals surface area contributed by atoms with Crippen LogP contribution in [-0.2, 0) is 0 Å². The van der Waals surface area contributed by atoms with Crippen LogP contribution in [0.1, 0.15) is 85.0 Å². The molecule has 23 heavy (non-hydrogen) atoms. The number of aliphatic hydroxyl groups is 1. The molecule has 132 valence electrons. The first kappa shape index (κ1) is 16.4. The summed E-state index contributed by atoms with van der Waals surface area (Å²) in [6.07, 6.45) is 13.2. The van der Waals surface area contributed by atoms with Gasteiger partial charge in [-0.25, -0.2) is 0 Å². The maximum Gasteiger partial charge on any atom is 0.0546 e. The summed E-state index contributed by atoms with van der Waals surface area (Å²) in [6, 6.07) is 0. The fourth-order valence-corrected chi connectivity index (χ4v) is 8.18. The van der Waals surface area contributed by atoms with Gasteiger partial charge in [0.25, 0.3) is 0 Å². The second kappa shape index (κ2) is 5.21. The molecule has 4 saturated carbocycles. The Balaban J connectivity index is 1.68. The summed E-state index contributed by atoms with van der Waals surface area (Å²) < 4.78 is 0. The first-order valence-corrected chi connectivity index (χ1v) is 10.3. The molecule has 0 aliphatic heterocycles. The average Bonchev–Trinajstić information content (AvgIpc) is 2.78. The van der Waals surface area contributed by atoms with Gasteiger partial charge in [0.1, 0.15) is 0 Å². The molecule has 0 spiro atoms. The number of fused-ring (bicyclic) bond motifs is 5. The number of hydrogen-bond acceptors (Lipinski definition) is 2. The van der Waals surface area contributed by atoms with Gasteiger partial charge in [0.2, 0.25) is 0 Å². The van der Waals surface area contributed by atoms with Crippen LogP contribution in [-0.4, -0.2) is 16.7 Å². The Kier molecular flexibility index (Phi) is 3.71. The van der Waals surface area contributed by atoms with E-state index in [-0.39, 0.29) is 17.1 Å². The average molecular weight is 320 g/mol. The number of aliphatic hydroxyl groups excluding tert-OH is 1. The minimum absolute atomic E-state index is 0.0248. The molecule has 4 rings (SSSR count). The molecule has 0 heterocycles. The summed E-state index contributed by atoms with van der Waals surface area (Å²) in [5.74, 6) is 2.90. The highest BCUT2D eigenvalue weighted by Crippen LogP contribution is 2.68. The van der Waals surface area contributed by atoms with Gasteiger partial charge < -0.3 is 10.8 Å². The number of rotatable bonds is 1. The van der Waals surface area contributed by atoms with Crippen molar-refractivity contribution in [2.75, 3.05) is 0 Å². The summed E-state index contributed by atoms with van der Waals surface area (Å²) in [4.78, 5) is 0. The van der Waals surface area contributed by atoms with E-state index < -0.39 is 0 Å². The van der Waals surface area contributed by atoms with Crippen molar-refractivity contribution in [1.82, 2.24) is 0 Å². The largest absolute Gasteiger partial charge is 0.393 e. The lowest BCUT2D eigenvalue weighted by atomic mass is 9.42. The maximum atomic E-state index is 10.3. The Morgan fingerprint density at radius 3 is 2.43 bits per heavy atom. The van der Waals surface area contributed by atoms with Crippen LogP contribution in [0.2, 0.25) is 0 Å². The fraction of sp³-hybridized carbons (Fsp3) is 1.00. The Labute approximate surface area is 142 Å². The van der Waals surface area contributed by atoms with Crippen molar-refractivity contribution < 1.29 is 5.11 Å². The zero-order valence-electron chi connectivity index (χ0n) is 15.5. The molecule has 0 bridgehead atoms. The van der Waals surface area contributed by atoms with Gasteiger partial charge >= 0.3 is 0 Å². The third kappa shape index (κ3) is 2.00. The molecule has 4 fully saturated rings. The third-order valence-corrected chi connectivity index (χ3v) is 9.58. The predicted molar refractivity (Wildman–Crippen MR) is 94.9 cm³/mol. The number of nitrogens with two attached hydrogens (primary N) is 1. The minimum atomic E-state index is -0.205. The Hall–Kier alpha value is -0.0800. The van der Waals surface area contributed by atoms with Crippen LogP contribution in [0, 0.1) is 34.5 Å². The van der Waals surface area contributed by atoms with Crippen LogP contribution >= 0.6 is 0 Å². The molecule has 8 atom stereocenters. The van der Waals surface area contributed by atoms with Gasteiger partial charge in [-0.2, -0.15) is 0 Å². The molecule has 0 unspecified atom stereocenters. The van der Waals surface area contributed by atoms with E-state index in [1.807, 2.05) is 6.92 Å². The SMILES string of the molecule is C[C@@H](O)[C@H]1CC[C@]2(N)[C@@H]3CC[C@@H]4CCCC[C@]4(C)[C@H]3CC[C@]12C. The molecule has 4 aliphatic rings. The minimum Gasteiger partial charge on any atom is -0.393 e.